The van der Waals surface area contributed by atoms with E-state index in [0.717, 1.165) is 13.1 Å². The van der Waals surface area contributed by atoms with Gasteiger partial charge in [0, 0.05) is 60.6 Å². The van der Waals surface area contributed by atoms with Gasteiger partial charge in [-0.2, -0.15) is 0 Å². The van der Waals surface area contributed by atoms with Crippen molar-refractivity contribution in [2.24, 2.45) is 0 Å². The van der Waals surface area contributed by atoms with Gasteiger partial charge in [-0.1, -0.05) is 0 Å². The summed E-state index contributed by atoms with van der Waals surface area (Å²) in [6.45, 7) is 7.25. The van der Waals surface area contributed by atoms with Crippen LogP contribution >= 0.6 is 17.0 Å². The summed E-state index contributed by atoms with van der Waals surface area (Å²) >= 11 is 0. The Morgan fingerprint density at radius 2 is 1.06 bits per heavy atom. The van der Waals surface area contributed by atoms with Crippen molar-refractivity contribution in [3.8, 4) is 0 Å². The fourth-order valence-corrected chi connectivity index (χ4v) is 4.06. The lowest BCUT2D eigenvalue weighted by atomic mass is 11.0. The van der Waals surface area contributed by atoms with Gasteiger partial charge in [-0.05, 0) is 0 Å². The van der Waals surface area contributed by atoms with E-state index in [1.54, 1.807) is 14.2 Å². The van der Waals surface area contributed by atoms with Gasteiger partial charge < -0.3 is 13.6 Å². The molecule has 0 unspecified atom stereocenters. The summed E-state index contributed by atoms with van der Waals surface area (Å²) in [5.74, 6) is 0. The molecule has 0 saturated carbocycles. The molecule has 3 heterocycles. The second-order valence-corrected chi connectivity index (χ2v) is 7.67. The van der Waals surface area contributed by atoms with Gasteiger partial charge in [-0.3, -0.25) is 0 Å². The maximum absolute atomic E-state index is 5.31. The van der Waals surface area contributed by atoms with Gasteiger partial charge in [0.15, 0.2) is 8.45 Å². The zero-order valence-corrected chi connectivity index (χ0v) is 12.5. The van der Waals surface area contributed by atoms with Gasteiger partial charge in [0.25, 0.3) is 8.53 Å². The fraction of sp³-hybridized carbons (Fsp3) is 1.00. The summed E-state index contributed by atoms with van der Waals surface area (Å²) in [4.78, 5) is 0. The summed E-state index contributed by atoms with van der Waals surface area (Å²) in [5.41, 5.74) is 0. The number of rotatable bonds is 6. The lowest BCUT2D eigenvalue weighted by Crippen LogP contribution is -1.98. The minimum Gasteiger partial charge on any atom is -0.335 e. The van der Waals surface area contributed by atoms with Crippen LogP contribution in [0.25, 0.3) is 0 Å². The van der Waals surface area contributed by atoms with E-state index >= 15 is 0 Å². The van der Waals surface area contributed by atoms with Crippen molar-refractivity contribution in [1.82, 2.24) is 14.0 Å². The largest absolute Gasteiger partial charge is 0.335 e. The third-order valence-corrected chi connectivity index (χ3v) is 6.04. The lowest BCUT2D eigenvalue weighted by molar-refractivity contribution is 0.315. The van der Waals surface area contributed by atoms with Gasteiger partial charge in [0.05, 0.1) is 0 Å². The maximum atomic E-state index is 5.31. The van der Waals surface area contributed by atoms with Crippen LogP contribution < -0.4 is 0 Å². The first-order valence-electron chi connectivity index (χ1n) is 5.77. The molecular formula is C9H21N3O3P2. The molecule has 0 aromatic rings. The molecule has 3 rings (SSSR count). The predicted octanol–water partition coefficient (Wildman–Crippen LogP) is 1.31. The first-order chi connectivity index (χ1) is 8.30. The van der Waals surface area contributed by atoms with Gasteiger partial charge in [-0.15, -0.1) is 0 Å². The van der Waals surface area contributed by atoms with Crippen LogP contribution in [-0.4, -0.2) is 74.6 Å². The Labute approximate surface area is 106 Å². The van der Waals surface area contributed by atoms with Crippen molar-refractivity contribution in [1.29, 1.82) is 0 Å². The molecule has 17 heavy (non-hydrogen) atoms. The topological polar surface area (TPSA) is 36.7 Å². The predicted molar refractivity (Wildman–Crippen MR) is 69.6 cm³/mol. The van der Waals surface area contributed by atoms with Gasteiger partial charge in [-0.25, -0.2) is 14.0 Å². The molecule has 0 atom stereocenters. The number of hydrogen-bond acceptors (Lipinski definition) is 6. The van der Waals surface area contributed by atoms with E-state index < -0.39 is 8.53 Å². The van der Waals surface area contributed by atoms with E-state index in [1.165, 1.54) is 26.2 Å². The second kappa shape index (κ2) is 6.69. The third kappa shape index (κ3) is 4.66. The highest BCUT2D eigenvalue weighted by Gasteiger charge is 2.38. The first kappa shape index (κ1) is 14.0. The van der Waals surface area contributed by atoms with Crippen LogP contribution in [-0.2, 0) is 13.6 Å². The van der Waals surface area contributed by atoms with Crippen molar-refractivity contribution in [3.63, 3.8) is 0 Å². The lowest BCUT2D eigenvalue weighted by Gasteiger charge is -2.14. The van der Waals surface area contributed by atoms with Crippen LogP contribution in [0.1, 0.15) is 0 Å². The van der Waals surface area contributed by atoms with Crippen molar-refractivity contribution in [2.45, 2.75) is 0 Å². The van der Waals surface area contributed by atoms with E-state index in [9.17, 15) is 0 Å². The zero-order valence-electron chi connectivity index (χ0n) is 10.7. The van der Waals surface area contributed by atoms with Crippen LogP contribution in [0.4, 0.5) is 0 Å². The SMILES string of the molecule is COP(N1CC1)N1CC1.COP(OC)N1CC1. The molecular weight excluding hydrogens is 260 g/mol. The highest BCUT2D eigenvalue weighted by atomic mass is 31.2. The summed E-state index contributed by atoms with van der Waals surface area (Å²) in [5, 5.41) is 0. The standard InChI is InChI=1S/C5H11N2OP.C4H10NO2P/c1-8-9(6-2-3-6)7-4-5-7;1-6-8(7-2)5-3-4-5/h2-5H2,1H3;3-4H2,1-2H3. The highest BCUT2D eigenvalue weighted by Crippen LogP contribution is 2.52. The minimum absolute atomic E-state index is 0.288. The van der Waals surface area contributed by atoms with Crippen molar-refractivity contribution in [2.75, 3.05) is 60.6 Å². The third-order valence-electron chi connectivity index (χ3n) is 2.46. The molecule has 0 aromatic heterocycles. The Morgan fingerprint density at radius 3 is 1.24 bits per heavy atom. The molecule has 3 aliphatic heterocycles. The minimum atomic E-state index is -0.671. The molecule has 8 heteroatoms. The van der Waals surface area contributed by atoms with Crippen LogP contribution in [0, 0.1) is 0 Å². The molecule has 0 spiro atoms. The molecule has 3 saturated heterocycles. The molecule has 0 bridgehead atoms. The quantitative estimate of drug-likeness (QED) is 0.540. The summed E-state index contributed by atoms with van der Waals surface area (Å²) in [6, 6.07) is 0. The van der Waals surface area contributed by atoms with E-state index in [-0.39, 0.29) is 8.45 Å². The van der Waals surface area contributed by atoms with E-state index in [1.807, 2.05) is 7.11 Å². The van der Waals surface area contributed by atoms with E-state index in [4.69, 9.17) is 13.6 Å². The summed E-state index contributed by atoms with van der Waals surface area (Å²) in [6.07, 6.45) is 0. The Hall–Kier alpha value is 0.620. The Morgan fingerprint density at radius 1 is 0.647 bits per heavy atom. The maximum Gasteiger partial charge on any atom is 0.258 e. The smallest absolute Gasteiger partial charge is 0.258 e. The van der Waals surface area contributed by atoms with Gasteiger partial charge in [0.2, 0.25) is 0 Å². The van der Waals surface area contributed by atoms with E-state index in [2.05, 4.69) is 14.0 Å². The highest BCUT2D eigenvalue weighted by molar-refractivity contribution is 7.48. The summed E-state index contributed by atoms with van der Waals surface area (Å²) in [7, 11) is 4.20. The van der Waals surface area contributed by atoms with Crippen molar-refractivity contribution >= 4 is 17.0 Å². The van der Waals surface area contributed by atoms with E-state index in [0.29, 0.717) is 0 Å². The normalized spacial score (nSPS) is 23.8. The van der Waals surface area contributed by atoms with Crippen LogP contribution in [0.3, 0.4) is 0 Å². The molecule has 100 valence electrons. The van der Waals surface area contributed by atoms with Gasteiger partial charge >= 0.3 is 0 Å². The molecule has 0 aromatic carbocycles. The zero-order chi connectivity index (χ0) is 12.3. The molecule has 0 N–H and O–H groups in total. The molecule has 0 radical (unpaired) electrons. The Kier molecular flexibility index (Phi) is 5.52. The van der Waals surface area contributed by atoms with Crippen LogP contribution in [0.2, 0.25) is 0 Å². The molecule has 3 aliphatic rings. The van der Waals surface area contributed by atoms with Crippen molar-refractivity contribution < 1.29 is 13.6 Å². The number of nitrogens with zero attached hydrogens (tertiary/aromatic N) is 3. The Bertz CT molecular complexity index is 222. The second-order valence-electron chi connectivity index (χ2n) is 3.90. The molecule has 3 fully saturated rings. The number of hydrogen-bond donors (Lipinski definition) is 0. The van der Waals surface area contributed by atoms with Crippen LogP contribution in [0.15, 0.2) is 0 Å². The molecule has 0 amide bonds. The molecule has 0 aliphatic carbocycles. The van der Waals surface area contributed by atoms with Crippen LogP contribution in [0.5, 0.6) is 0 Å². The average molecular weight is 281 g/mol. The van der Waals surface area contributed by atoms with Gasteiger partial charge in [0.1, 0.15) is 0 Å². The average Bonchev–Trinajstić information content (AvgIpc) is 3.17. The van der Waals surface area contributed by atoms with Crippen molar-refractivity contribution in [3.05, 3.63) is 0 Å². The Balaban J connectivity index is 0.000000128. The monoisotopic (exact) mass is 281 g/mol. The summed E-state index contributed by atoms with van der Waals surface area (Å²) < 4.78 is 22.2. The first-order valence-corrected chi connectivity index (χ1v) is 8.07. The molecule has 6 nitrogen and oxygen atoms in total. The fourth-order valence-electron chi connectivity index (χ4n) is 1.35.